The molecule has 0 aliphatic rings. The molecule has 0 spiro atoms. The van der Waals surface area contributed by atoms with E-state index in [1.807, 2.05) is 0 Å². The fourth-order valence-electron chi connectivity index (χ4n) is 7.13. The molecule has 0 aliphatic heterocycles. The van der Waals surface area contributed by atoms with Crippen LogP contribution in [0, 0.1) is 13.8 Å². The Morgan fingerprint density at radius 2 is 0.619 bits per heavy atom. The van der Waals surface area contributed by atoms with Crippen molar-refractivity contribution in [2.24, 2.45) is 0 Å². The summed E-state index contributed by atoms with van der Waals surface area (Å²) in [5.74, 6) is 0. The van der Waals surface area contributed by atoms with Gasteiger partial charge in [-0.15, -0.1) is 0 Å². The third-order valence-electron chi connectivity index (χ3n) is 8.93. The number of aryl methyl sites for hydroxylation is 2. The predicted octanol–water partition coefficient (Wildman–Crippen LogP) is 11.9. The fourth-order valence-corrected chi connectivity index (χ4v) is 7.13. The lowest BCUT2D eigenvalue weighted by Crippen LogP contribution is -1.94. The third-order valence-corrected chi connectivity index (χ3v) is 8.93. The van der Waals surface area contributed by atoms with Crippen LogP contribution in [0.4, 0.5) is 0 Å². The number of rotatable bonds is 3. The lowest BCUT2D eigenvalue weighted by molar-refractivity contribution is 1.38. The van der Waals surface area contributed by atoms with E-state index >= 15 is 0 Å². The predicted molar refractivity (Wildman–Crippen MR) is 182 cm³/mol. The van der Waals surface area contributed by atoms with Crippen LogP contribution in [0.3, 0.4) is 0 Å². The van der Waals surface area contributed by atoms with Crippen molar-refractivity contribution in [1.29, 1.82) is 0 Å². The first-order valence-electron chi connectivity index (χ1n) is 14.7. The van der Waals surface area contributed by atoms with Crippen LogP contribution in [0.5, 0.6) is 0 Å². The van der Waals surface area contributed by atoms with E-state index in [1.165, 1.54) is 87.6 Å². The van der Waals surface area contributed by atoms with Crippen LogP contribution >= 0.6 is 0 Å². The molecule has 8 aromatic rings. The van der Waals surface area contributed by atoms with Crippen molar-refractivity contribution in [2.75, 3.05) is 0 Å². The summed E-state index contributed by atoms with van der Waals surface area (Å²) in [4.78, 5) is 0. The summed E-state index contributed by atoms with van der Waals surface area (Å²) < 4.78 is 0. The first kappa shape index (κ1) is 24.6. The average Bonchev–Trinajstić information content (AvgIpc) is 3.03. The first-order valence-corrected chi connectivity index (χ1v) is 14.7. The second kappa shape index (κ2) is 9.72. The SMILES string of the molecule is Cc1cccc(C)c1-c1ccc(-c2c3ccccc3c(-c3cccc4ccccc34)c3ccccc23)c2ccccc12. The zero-order valence-electron chi connectivity index (χ0n) is 23.9. The molecule has 0 unspecified atom stereocenters. The maximum absolute atomic E-state index is 2.36. The van der Waals surface area contributed by atoms with Crippen LogP contribution in [0.1, 0.15) is 11.1 Å². The minimum atomic E-state index is 1.26. The standard InChI is InChI=1S/C42H30/c1-27-13-11-14-28(2)40(27)38-25-26-39(32-19-6-5-18-31(32)38)42-36-22-9-7-20-34(36)41(35-21-8-10-23-37(35)42)33-24-12-16-29-15-3-4-17-30(29)33/h3-26H,1-2H3. The Kier molecular flexibility index (Phi) is 5.69. The van der Waals surface area contributed by atoms with Crippen LogP contribution in [0.15, 0.2) is 146 Å². The smallest absolute Gasteiger partial charge is 0.00201 e. The average molecular weight is 535 g/mol. The second-order valence-electron chi connectivity index (χ2n) is 11.3. The fraction of sp³-hybridized carbons (Fsp3) is 0.0476. The van der Waals surface area contributed by atoms with E-state index in [0.717, 1.165) is 0 Å². The van der Waals surface area contributed by atoms with Crippen LogP contribution in [0.25, 0.3) is 76.5 Å². The summed E-state index contributed by atoms with van der Waals surface area (Å²) in [6.07, 6.45) is 0. The van der Waals surface area contributed by atoms with E-state index in [1.54, 1.807) is 0 Å². The van der Waals surface area contributed by atoms with E-state index < -0.39 is 0 Å². The van der Waals surface area contributed by atoms with Crippen LogP contribution in [-0.4, -0.2) is 0 Å². The monoisotopic (exact) mass is 534 g/mol. The largest absolute Gasteiger partial charge is 0.0617 e. The summed E-state index contributed by atoms with van der Waals surface area (Å²) in [6, 6.07) is 53.6. The van der Waals surface area contributed by atoms with Gasteiger partial charge in [-0.1, -0.05) is 146 Å². The molecule has 0 aromatic heterocycles. The lowest BCUT2D eigenvalue weighted by atomic mass is 9.82. The highest BCUT2D eigenvalue weighted by molar-refractivity contribution is 6.25. The molecular weight excluding hydrogens is 504 g/mol. The Balaban J connectivity index is 1.51. The Morgan fingerprint density at radius 1 is 0.262 bits per heavy atom. The Labute approximate surface area is 246 Å². The lowest BCUT2D eigenvalue weighted by Gasteiger charge is -2.21. The van der Waals surface area contributed by atoms with Gasteiger partial charge >= 0.3 is 0 Å². The van der Waals surface area contributed by atoms with Gasteiger partial charge in [-0.05, 0) is 101 Å². The van der Waals surface area contributed by atoms with Gasteiger partial charge in [0.15, 0.2) is 0 Å². The maximum atomic E-state index is 2.36. The van der Waals surface area contributed by atoms with Gasteiger partial charge in [0.05, 0.1) is 0 Å². The molecule has 8 aromatic carbocycles. The Hall–Kier alpha value is -5.20. The van der Waals surface area contributed by atoms with Crippen molar-refractivity contribution in [3.63, 3.8) is 0 Å². The molecule has 0 amide bonds. The van der Waals surface area contributed by atoms with Gasteiger partial charge in [0.2, 0.25) is 0 Å². The van der Waals surface area contributed by atoms with Crippen molar-refractivity contribution < 1.29 is 0 Å². The van der Waals surface area contributed by atoms with Crippen molar-refractivity contribution in [2.45, 2.75) is 13.8 Å². The summed E-state index contributed by atoms with van der Waals surface area (Å²) in [6.45, 7) is 4.44. The van der Waals surface area contributed by atoms with E-state index in [4.69, 9.17) is 0 Å². The molecule has 42 heavy (non-hydrogen) atoms. The molecule has 0 N–H and O–H groups in total. The van der Waals surface area contributed by atoms with Gasteiger partial charge < -0.3 is 0 Å². The molecule has 0 saturated heterocycles. The van der Waals surface area contributed by atoms with Crippen molar-refractivity contribution in [3.05, 3.63) is 157 Å². The van der Waals surface area contributed by atoms with E-state index in [0.29, 0.717) is 0 Å². The summed E-state index contributed by atoms with van der Waals surface area (Å²) in [5.41, 5.74) is 10.4. The quantitative estimate of drug-likeness (QED) is 0.198. The van der Waals surface area contributed by atoms with E-state index in [2.05, 4.69) is 159 Å². The molecule has 0 heterocycles. The molecular formula is C42H30. The van der Waals surface area contributed by atoms with Gasteiger partial charge in [0.1, 0.15) is 0 Å². The highest BCUT2D eigenvalue weighted by Gasteiger charge is 2.20. The summed E-state index contributed by atoms with van der Waals surface area (Å²) in [7, 11) is 0. The molecule has 0 radical (unpaired) electrons. The number of benzene rings is 8. The van der Waals surface area contributed by atoms with Crippen LogP contribution in [-0.2, 0) is 0 Å². The number of hydrogen-bond donors (Lipinski definition) is 0. The van der Waals surface area contributed by atoms with E-state index in [9.17, 15) is 0 Å². The number of hydrogen-bond acceptors (Lipinski definition) is 0. The minimum Gasteiger partial charge on any atom is -0.0617 e. The topological polar surface area (TPSA) is 0 Å². The summed E-state index contributed by atoms with van der Waals surface area (Å²) in [5, 5.41) is 10.3. The molecule has 0 aliphatic carbocycles. The molecule has 0 bridgehead atoms. The first-order chi connectivity index (χ1) is 20.7. The molecule has 0 atom stereocenters. The zero-order valence-corrected chi connectivity index (χ0v) is 23.9. The normalized spacial score (nSPS) is 11.6. The van der Waals surface area contributed by atoms with Crippen LogP contribution < -0.4 is 0 Å². The molecule has 0 saturated carbocycles. The van der Waals surface area contributed by atoms with Crippen molar-refractivity contribution >= 4 is 43.1 Å². The molecule has 8 rings (SSSR count). The maximum Gasteiger partial charge on any atom is -0.00201 e. The van der Waals surface area contributed by atoms with Gasteiger partial charge in [-0.2, -0.15) is 0 Å². The molecule has 0 nitrogen and oxygen atoms in total. The van der Waals surface area contributed by atoms with Gasteiger partial charge in [0, 0.05) is 0 Å². The van der Waals surface area contributed by atoms with Gasteiger partial charge in [0.25, 0.3) is 0 Å². The highest BCUT2D eigenvalue weighted by Crippen LogP contribution is 2.47. The Bertz CT molecular complexity index is 2240. The van der Waals surface area contributed by atoms with Crippen molar-refractivity contribution in [3.8, 4) is 33.4 Å². The molecule has 0 fully saturated rings. The molecule has 0 heteroatoms. The number of fused-ring (bicyclic) bond motifs is 4. The van der Waals surface area contributed by atoms with Crippen LogP contribution in [0.2, 0.25) is 0 Å². The molecule has 198 valence electrons. The van der Waals surface area contributed by atoms with Gasteiger partial charge in [-0.3, -0.25) is 0 Å². The Morgan fingerprint density at radius 3 is 1.14 bits per heavy atom. The third kappa shape index (κ3) is 3.69. The van der Waals surface area contributed by atoms with Crippen molar-refractivity contribution in [1.82, 2.24) is 0 Å². The zero-order chi connectivity index (χ0) is 28.2. The second-order valence-corrected chi connectivity index (χ2v) is 11.3. The summed E-state index contributed by atoms with van der Waals surface area (Å²) >= 11 is 0. The van der Waals surface area contributed by atoms with Gasteiger partial charge in [-0.25, -0.2) is 0 Å². The van der Waals surface area contributed by atoms with E-state index in [-0.39, 0.29) is 0 Å². The highest BCUT2D eigenvalue weighted by atomic mass is 14.2. The minimum absolute atomic E-state index is 1.26.